The molecule has 1 saturated heterocycles. The lowest BCUT2D eigenvalue weighted by Gasteiger charge is -2.25. The number of urea groups is 1. The van der Waals surface area contributed by atoms with Gasteiger partial charge in [-0.2, -0.15) is 4.31 Å². The molecule has 2 aromatic rings. The molecule has 0 radical (unpaired) electrons. The summed E-state index contributed by atoms with van der Waals surface area (Å²) in [6, 6.07) is 4.38. The Morgan fingerprint density at radius 2 is 1.94 bits per heavy atom. The molecule has 0 bridgehead atoms. The van der Waals surface area contributed by atoms with E-state index in [2.05, 4.69) is 20.6 Å². The fraction of sp³-hybridized carbons (Fsp3) is 0.550. The predicted molar refractivity (Wildman–Crippen MR) is 120 cm³/mol. The minimum Gasteiger partial charge on any atom is -0.379 e. The van der Waals surface area contributed by atoms with Crippen molar-refractivity contribution in [1.29, 1.82) is 0 Å². The van der Waals surface area contributed by atoms with E-state index in [0.717, 1.165) is 37.4 Å². The number of aromatic nitrogens is 2. The predicted octanol–water partition coefficient (Wildman–Crippen LogP) is 1.83. The molecule has 0 unspecified atom stereocenters. The molecule has 1 aromatic carbocycles. The number of thioether (sulfide) groups is 1. The second-order valence-electron chi connectivity index (χ2n) is 7.88. The Kier molecular flexibility index (Phi) is 7.33. The van der Waals surface area contributed by atoms with Crippen molar-refractivity contribution in [2.24, 2.45) is 0 Å². The average molecular weight is 482 g/mol. The van der Waals surface area contributed by atoms with Gasteiger partial charge in [0.15, 0.2) is 5.16 Å². The number of benzene rings is 1. The molecule has 12 heteroatoms. The first-order chi connectivity index (χ1) is 15.4. The molecule has 2 aliphatic rings. The highest BCUT2D eigenvalue weighted by atomic mass is 32.2. The second kappa shape index (κ2) is 10.2. The van der Waals surface area contributed by atoms with Crippen LogP contribution in [0.25, 0.3) is 11.0 Å². The third-order valence-corrected chi connectivity index (χ3v) is 8.34. The Balaban J connectivity index is 1.33. The molecule has 3 amide bonds. The van der Waals surface area contributed by atoms with Gasteiger partial charge in [-0.3, -0.25) is 10.1 Å². The first-order valence-electron chi connectivity index (χ1n) is 10.7. The van der Waals surface area contributed by atoms with E-state index in [0.29, 0.717) is 42.5 Å². The van der Waals surface area contributed by atoms with Crippen LogP contribution >= 0.6 is 11.8 Å². The fourth-order valence-electron chi connectivity index (χ4n) is 3.90. The third kappa shape index (κ3) is 5.61. The van der Waals surface area contributed by atoms with E-state index in [1.165, 1.54) is 16.8 Å². The van der Waals surface area contributed by atoms with Crippen LogP contribution in [0.4, 0.5) is 4.79 Å². The van der Waals surface area contributed by atoms with E-state index in [9.17, 15) is 18.0 Å². The van der Waals surface area contributed by atoms with Crippen molar-refractivity contribution < 1.29 is 22.7 Å². The number of fused-ring (bicyclic) bond motifs is 1. The number of hydrogen-bond acceptors (Lipinski definition) is 7. The molecule has 2 heterocycles. The highest BCUT2D eigenvalue weighted by Crippen LogP contribution is 2.24. The molecule has 2 fully saturated rings. The Morgan fingerprint density at radius 1 is 1.19 bits per heavy atom. The smallest absolute Gasteiger partial charge is 0.321 e. The van der Waals surface area contributed by atoms with Crippen LogP contribution in [0, 0.1) is 0 Å². The van der Waals surface area contributed by atoms with E-state index in [1.54, 1.807) is 12.1 Å². The fourth-order valence-corrected chi connectivity index (χ4v) is 6.01. The number of hydrogen-bond donors (Lipinski definition) is 3. The summed E-state index contributed by atoms with van der Waals surface area (Å²) in [5, 5.41) is 5.67. The van der Waals surface area contributed by atoms with Crippen LogP contribution in [0.3, 0.4) is 0 Å². The number of carbonyl (C=O) groups is 2. The zero-order valence-electron chi connectivity index (χ0n) is 17.6. The average Bonchev–Trinajstić information content (AvgIpc) is 3.21. The van der Waals surface area contributed by atoms with Crippen molar-refractivity contribution in [2.45, 2.75) is 48.2 Å². The SMILES string of the molecule is O=C(CSc1nc2ccc(S(=O)(=O)N3CCOCC3)cc2[nH]1)NC(=O)NC1CCCCC1. The number of amides is 3. The first kappa shape index (κ1) is 23.0. The zero-order chi connectivity index (χ0) is 22.6. The topological polar surface area (TPSA) is 133 Å². The van der Waals surface area contributed by atoms with Gasteiger partial charge in [-0.1, -0.05) is 31.0 Å². The highest BCUT2D eigenvalue weighted by Gasteiger charge is 2.26. The number of imide groups is 1. The van der Waals surface area contributed by atoms with Crippen molar-refractivity contribution in [1.82, 2.24) is 24.9 Å². The van der Waals surface area contributed by atoms with Gasteiger partial charge in [0.1, 0.15) is 0 Å². The van der Waals surface area contributed by atoms with Gasteiger partial charge in [0.05, 0.1) is 34.9 Å². The van der Waals surface area contributed by atoms with E-state index in [1.807, 2.05) is 0 Å². The molecule has 32 heavy (non-hydrogen) atoms. The van der Waals surface area contributed by atoms with Crippen LogP contribution in [0.2, 0.25) is 0 Å². The number of rotatable bonds is 6. The van der Waals surface area contributed by atoms with Gasteiger partial charge in [-0.05, 0) is 31.0 Å². The summed E-state index contributed by atoms with van der Waals surface area (Å²) in [5.41, 5.74) is 1.17. The van der Waals surface area contributed by atoms with Crippen molar-refractivity contribution in [3.8, 4) is 0 Å². The summed E-state index contributed by atoms with van der Waals surface area (Å²) < 4.78 is 32.3. The van der Waals surface area contributed by atoms with Gasteiger partial charge in [-0.15, -0.1) is 0 Å². The number of ether oxygens (including phenoxy) is 1. The van der Waals surface area contributed by atoms with Crippen molar-refractivity contribution >= 4 is 44.8 Å². The Bertz CT molecular complexity index is 1080. The van der Waals surface area contributed by atoms with E-state index < -0.39 is 22.0 Å². The summed E-state index contributed by atoms with van der Waals surface area (Å²) in [6.45, 7) is 1.42. The van der Waals surface area contributed by atoms with Crippen molar-refractivity contribution in [3.05, 3.63) is 18.2 Å². The quantitative estimate of drug-likeness (QED) is 0.536. The third-order valence-electron chi connectivity index (χ3n) is 5.57. The number of sulfonamides is 1. The summed E-state index contributed by atoms with van der Waals surface area (Å²) in [6.07, 6.45) is 5.26. The van der Waals surface area contributed by atoms with Crippen LogP contribution in [-0.2, 0) is 19.6 Å². The van der Waals surface area contributed by atoms with E-state index in [4.69, 9.17) is 4.74 Å². The number of H-pyrrole nitrogens is 1. The number of aromatic amines is 1. The van der Waals surface area contributed by atoms with Gasteiger partial charge in [-0.25, -0.2) is 18.2 Å². The first-order valence-corrected chi connectivity index (χ1v) is 13.2. The maximum absolute atomic E-state index is 12.8. The Morgan fingerprint density at radius 3 is 2.69 bits per heavy atom. The van der Waals surface area contributed by atoms with Crippen LogP contribution in [-0.4, -0.2) is 72.7 Å². The number of imidazole rings is 1. The van der Waals surface area contributed by atoms with E-state index >= 15 is 0 Å². The normalized spacial score (nSPS) is 18.5. The minimum atomic E-state index is -3.61. The van der Waals surface area contributed by atoms with Gasteiger partial charge in [0.2, 0.25) is 15.9 Å². The number of nitrogens with zero attached hydrogens (tertiary/aromatic N) is 2. The molecule has 10 nitrogen and oxygen atoms in total. The molecule has 3 N–H and O–H groups in total. The summed E-state index contributed by atoms with van der Waals surface area (Å²) in [7, 11) is -3.61. The lowest BCUT2D eigenvalue weighted by atomic mass is 9.96. The lowest BCUT2D eigenvalue weighted by Crippen LogP contribution is -2.45. The molecule has 4 rings (SSSR count). The molecular formula is C20H27N5O5S2. The zero-order valence-corrected chi connectivity index (χ0v) is 19.3. The van der Waals surface area contributed by atoms with Crippen LogP contribution in [0.15, 0.2) is 28.3 Å². The van der Waals surface area contributed by atoms with Gasteiger partial charge < -0.3 is 15.0 Å². The van der Waals surface area contributed by atoms with Gasteiger partial charge in [0, 0.05) is 19.1 Å². The van der Waals surface area contributed by atoms with Gasteiger partial charge >= 0.3 is 6.03 Å². The number of carbonyl (C=O) groups excluding carboxylic acids is 2. The largest absolute Gasteiger partial charge is 0.379 e. The van der Waals surface area contributed by atoms with Gasteiger partial charge in [0.25, 0.3) is 0 Å². The lowest BCUT2D eigenvalue weighted by molar-refractivity contribution is -0.117. The maximum atomic E-state index is 12.8. The highest BCUT2D eigenvalue weighted by molar-refractivity contribution is 7.99. The summed E-state index contributed by atoms with van der Waals surface area (Å²) in [4.78, 5) is 31.7. The molecule has 174 valence electrons. The Labute approximate surface area is 190 Å². The molecule has 1 aliphatic heterocycles. The molecule has 1 aromatic heterocycles. The summed E-state index contributed by atoms with van der Waals surface area (Å²) in [5.74, 6) is -0.407. The standard InChI is InChI=1S/C20H27N5O5S2/c26-18(24-19(27)21-14-4-2-1-3-5-14)13-31-20-22-16-7-6-15(12-17(16)23-20)32(28,29)25-8-10-30-11-9-25/h6-7,12,14H,1-5,8-11,13H2,(H,22,23)(H2,21,24,26,27). The maximum Gasteiger partial charge on any atom is 0.321 e. The molecule has 0 spiro atoms. The van der Waals surface area contributed by atoms with Crippen LogP contribution in [0.5, 0.6) is 0 Å². The van der Waals surface area contributed by atoms with E-state index in [-0.39, 0.29) is 16.7 Å². The monoisotopic (exact) mass is 481 g/mol. The molecule has 0 atom stereocenters. The number of nitrogens with one attached hydrogen (secondary N) is 3. The van der Waals surface area contributed by atoms with Crippen molar-refractivity contribution in [3.63, 3.8) is 0 Å². The Hall–Kier alpha value is -2.15. The minimum absolute atomic E-state index is 0.0108. The molecule has 1 saturated carbocycles. The molecular weight excluding hydrogens is 454 g/mol. The number of morpholine rings is 1. The summed E-state index contributed by atoms with van der Waals surface area (Å²) >= 11 is 1.15. The van der Waals surface area contributed by atoms with Crippen LogP contribution < -0.4 is 10.6 Å². The second-order valence-corrected chi connectivity index (χ2v) is 10.8. The van der Waals surface area contributed by atoms with Crippen molar-refractivity contribution in [2.75, 3.05) is 32.1 Å². The molecule has 1 aliphatic carbocycles. The van der Waals surface area contributed by atoms with Crippen LogP contribution in [0.1, 0.15) is 32.1 Å².